The zero-order chi connectivity index (χ0) is 23.0. The number of hydrogen-bond donors (Lipinski definition) is 2. The van der Waals surface area contributed by atoms with Crippen LogP contribution in [0.15, 0.2) is 42.5 Å². The van der Waals surface area contributed by atoms with Crippen LogP contribution in [0.4, 0.5) is 16.2 Å². The number of benzene rings is 2. The maximum Gasteiger partial charge on any atom is 0.325 e. The number of amides is 5. The summed E-state index contributed by atoms with van der Waals surface area (Å²) in [6.45, 7) is 5.54. The lowest BCUT2D eigenvalue weighted by Gasteiger charge is -2.26. The Balaban J connectivity index is 1.48. The van der Waals surface area contributed by atoms with Gasteiger partial charge in [0.25, 0.3) is 5.91 Å². The third-order valence-corrected chi connectivity index (χ3v) is 6.19. The van der Waals surface area contributed by atoms with Crippen LogP contribution in [-0.4, -0.2) is 41.7 Å². The van der Waals surface area contributed by atoms with E-state index >= 15 is 0 Å². The summed E-state index contributed by atoms with van der Waals surface area (Å²) in [5, 5.41) is 5.55. The quantitative estimate of drug-likeness (QED) is 0.707. The number of aryl methyl sites for hydroxylation is 1. The fourth-order valence-corrected chi connectivity index (χ4v) is 4.40. The molecule has 2 heterocycles. The van der Waals surface area contributed by atoms with Crippen LogP contribution < -0.4 is 15.5 Å². The van der Waals surface area contributed by atoms with Crippen LogP contribution >= 0.6 is 0 Å². The molecule has 0 radical (unpaired) electrons. The van der Waals surface area contributed by atoms with Crippen LogP contribution in [0, 0.1) is 6.92 Å². The topological polar surface area (TPSA) is 98.8 Å². The van der Waals surface area contributed by atoms with Gasteiger partial charge in [-0.05, 0) is 49.1 Å². The highest BCUT2D eigenvalue weighted by Gasteiger charge is 2.51. The van der Waals surface area contributed by atoms with Gasteiger partial charge in [-0.2, -0.15) is 0 Å². The van der Waals surface area contributed by atoms with Crippen molar-refractivity contribution in [2.45, 2.75) is 39.2 Å². The molecule has 2 aliphatic heterocycles. The average Bonchev–Trinajstić information content (AvgIpc) is 3.29. The van der Waals surface area contributed by atoms with Crippen molar-refractivity contribution < 1.29 is 19.2 Å². The Hall–Kier alpha value is -3.68. The lowest BCUT2D eigenvalue weighted by atomic mass is 9.87. The number of anilines is 2. The molecule has 32 heavy (non-hydrogen) atoms. The van der Waals surface area contributed by atoms with E-state index < -0.39 is 23.4 Å². The highest BCUT2D eigenvalue weighted by molar-refractivity contribution is 6.10. The van der Waals surface area contributed by atoms with E-state index in [1.807, 2.05) is 44.2 Å². The largest absolute Gasteiger partial charge is 0.325 e. The molecule has 5 amide bonds. The molecule has 4 rings (SSSR count). The molecular weight excluding hydrogens is 408 g/mol. The van der Waals surface area contributed by atoms with Crippen molar-refractivity contribution >= 4 is 35.1 Å². The number of urea groups is 1. The van der Waals surface area contributed by atoms with Crippen molar-refractivity contribution in [1.29, 1.82) is 0 Å². The molecule has 2 N–H and O–H groups in total. The first-order valence-electron chi connectivity index (χ1n) is 10.7. The predicted molar refractivity (Wildman–Crippen MR) is 120 cm³/mol. The van der Waals surface area contributed by atoms with Crippen molar-refractivity contribution in [3.8, 4) is 0 Å². The number of nitrogens with one attached hydrogen (secondary N) is 2. The Morgan fingerprint density at radius 2 is 1.84 bits per heavy atom. The molecule has 2 aromatic carbocycles. The van der Waals surface area contributed by atoms with E-state index in [2.05, 4.69) is 10.6 Å². The van der Waals surface area contributed by atoms with E-state index in [1.54, 1.807) is 17.0 Å². The highest BCUT2D eigenvalue weighted by Crippen LogP contribution is 2.33. The smallest absolute Gasteiger partial charge is 0.325 e. The lowest BCUT2D eigenvalue weighted by molar-refractivity contribution is -0.134. The fraction of sp³-hybridized carbons (Fsp3) is 0.333. The van der Waals surface area contributed by atoms with E-state index in [-0.39, 0.29) is 12.5 Å². The summed E-state index contributed by atoms with van der Waals surface area (Å²) in [7, 11) is 0. The van der Waals surface area contributed by atoms with Crippen molar-refractivity contribution in [1.82, 2.24) is 10.2 Å². The molecule has 0 saturated carbocycles. The number of nitrogens with zero attached hydrogens (tertiary/aromatic N) is 2. The highest BCUT2D eigenvalue weighted by atomic mass is 16.2. The third-order valence-electron chi connectivity index (χ3n) is 6.19. The molecule has 2 aromatic rings. The van der Waals surface area contributed by atoms with Crippen molar-refractivity contribution in [2.75, 3.05) is 23.3 Å². The predicted octanol–water partition coefficient (Wildman–Crippen LogP) is 2.70. The first-order chi connectivity index (χ1) is 15.2. The number of imide groups is 1. The third kappa shape index (κ3) is 3.62. The lowest BCUT2D eigenvalue weighted by Crippen LogP contribution is -2.44. The van der Waals surface area contributed by atoms with Gasteiger partial charge in [-0.25, -0.2) is 4.79 Å². The van der Waals surface area contributed by atoms with Gasteiger partial charge in [0.15, 0.2) is 0 Å². The number of hydrogen-bond acceptors (Lipinski definition) is 4. The second-order valence-corrected chi connectivity index (χ2v) is 8.26. The first-order valence-corrected chi connectivity index (χ1v) is 10.7. The molecule has 0 aromatic heterocycles. The number of rotatable bonds is 5. The van der Waals surface area contributed by atoms with E-state index in [9.17, 15) is 19.2 Å². The molecule has 8 heteroatoms. The van der Waals surface area contributed by atoms with E-state index in [0.717, 1.165) is 21.7 Å². The summed E-state index contributed by atoms with van der Waals surface area (Å²) < 4.78 is 0. The molecule has 1 fully saturated rings. The summed E-state index contributed by atoms with van der Waals surface area (Å²) in [5.41, 5.74) is 2.95. The van der Waals surface area contributed by atoms with Gasteiger partial charge in [0.2, 0.25) is 11.8 Å². The molecule has 2 aliphatic rings. The summed E-state index contributed by atoms with van der Waals surface area (Å²) in [5.74, 6) is -0.923. The average molecular weight is 434 g/mol. The minimum atomic E-state index is -1.17. The molecule has 1 unspecified atom stereocenters. The Morgan fingerprint density at radius 3 is 2.50 bits per heavy atom. The summed E-state index contributed by atoms with van der Waals surface area (Å²) in [4.78, 5) is 52.9. The molecular formula is C24H26N4O4. The summed E-state index contributed by atoms with van der Waals surface area (Å²) in [6, 6.07) is 12.2. The summed E-state index contributed by atoms with van der Waals surface area (Å²) >= 11 is 0. The molecule has 0 spiro atoms. The molecule has 1 saturated heterocycles. The van der Waals surface area contributed by atoms with Crippen LogP contribution in [-0.2, 0) is 26.3 Å². The van der Waals surface area contributed by atoms with E-state index in [4.69, 9.17) is 0 Å². The molecule has 0 bridgehead atoms. The minimum Gasteiger partial charge on any atom is -0.325 e. The monoisotopic (exact) mass is 434 g/mol. The van der Waals surface area contributed by atoms with Gasteiger partial charge in [0, 0.05) is 24.8 Å². The van der Waals surface area contributed by atoms with E-state index in [1.165, 1.54) is 6.92 Å². The van der Waals surface area contributed by atoms with Crippen LogP contribution in [0.2, 0.25) is 0 Å². The zero-order valence-corrected chi connectivity index (χ0v) is 18.4. The second-order valence-electron chi connectivity index (χ2n) is 8.26. The van der Waals surface area contributed by atoms with Gasteiger partial charge >= 0.3 is 6.03 Å². The minimum absolute atomic E-state index is 0.0212. The molecule has 8 nitrogen and oxygen atoms in total. The molecule has 0 aliphatic carbocycles. The Kier molecular flexibility index (Phi) is 5.46. The van der Waals surface area contributed by atoms with Crippen molar-refractivity contribution in [2.24, 2.45) is 0 Å². The standard InChI is InChI=1S/C24H26N4O4/c1-4-24(18-7-5-15(2)6-8-18)22(31)28(23(32)26-24)14-21(30)25-19-9-10-20-17(13-19)11-12-27(20)16(3)29/h5-10,13H,4,11-12,14H2,1-3H3,(H,25,30)(H,26,32). The van der Waals surface area contributed by atoms with Crippen molar-refractivity contribution in [3.63, 3.8) is 0 Å². The van der Waals surface area contributed by atoms with Gasteiger partial charge < -0.3 is 15.5 Å². The van der Waals surface area contributed by atoms with Crippen LogP contribution in [0.3, 0.4) is 0 Å². The second kappa shape index (κ2) is 8.11. The Morgan fingerprint density at radius 1 is 1.12 bits per heavy atom. The van der Waals surface area contributed by atoms with Gasteiger partial charge in [-0.15, -0.1) is 0 Å². The maximum absolute atomic E-state index is 13.2. The number of fused-ring (bicyclic) bond motifs is 1. The summed E-state index contributed by atoms with van der Waals surface area (Å²) in [6.07, 6.45) is 1.08. The van der Waals surface area contributed by atoms with Gasteiger partial charge in [-0.1, -0.05) is 36.8 Å². The van der Waals surface area contributed by atoms with Gasteiger partial charge in [0.05, 0.1) is 0 Å². The van der Waals surface area contributed by atoms with Gasteiger partial charge in [-0.3, -0.25) is 19.3 Å². The number of carbonyl (C=O) groups is 4. The van der Waals surface area contributed by atoms with Crippen molar-refractivity contribution in [3.05, 3.63) is 59.2 Å². The fourth-order valence-electron chi connectivity index (χ4n) is 4.40. The Bertz CT molecular complexity index is 1110. The van der Waals surface area contributed by atoms with Gasteiger partial charge in [0.1, 0.15) is 12.1 Å². The molecule has 1 atom stereocenters. The van der Waals surface area contributed by atoms with Crippen LogP contribution in [0.5, 0.6) is 0 Å². The SMILES string of the molecule is CCC1(c2ccc(C)cc2)NC(=O)N(CC(=O)Nc2ccc3c(c2)CCN3C(C)=O)C1=O. The van der Waals surface area contributed by atoms with E-state index in [0.29, 0.717) is 30.6 Å². The number of carbonyl (C=O) groups excluding carboxylic acids is 4. The molecule has 166 valence electrons. The maximum atomic E-state index is 13.2. The normalized spacial score (nSPS) is 19.7. The van der Waals surface area contributed by atoms with Crippen LogP contribution in [0.25, 0.3) is 0 Å². The Labute approximate surface area is 186 Å². The first kappa shape index (κ1) is 21.5. The zero-order valence-electron chi connectivity index (χ0n) is 18.4. The van der Waals surface area contributed by atoms with Crippen LogP contribution in [0.1, 0.15) is 37.0 Å².